The number of ether oxygens (including phenoxy) is 3. The Bertz CT molecular complexity index is 881. The van der Waals surface area contributed by atoms with Gasteiger partial charge in [-0.1, -0.05) is 0 Å². The van der Waals surface area contributed by atoms with Crippen molar-refractivity contribution in [2.75, 3.05) is 14.2 Å². The standard InChI is InChI=1S/C18H19N3O7/c1-11(28-14-6-4-13(26-2)5-7-14)18(23)20-19-10-12-8-15(21(24)25)17(22)16(9-12)27-3/h4-11,22H,1-3H3,(H,20,23)/b19-10-/t11-/m0/s1. The van der Waals surface area contributed by atoms with Crippen LogP contribution in [0.2, 0.25) is 0 Å². The van der Waals surface area contributed by atoms with Gasteiger partial charge in [-0.2, -0.15) is 5.10 Å². The Labute approximate surface area is 160 Å². The molecule has 2 N–H and O–H groups in total. The van der Waals surface area contributed by atoms with E-state index in [2.05, 4.69) is 10.5 Å². The summed E-state index contributed by atoms with van der Waals surface area (Å²) < 4.78 is 15.4. The number of rotatable bonds is 8. The predicted molar refractivity (Wildman–Crippen MR) is 100 cm³/mol. The van der Waals surface area contributed by atoms with Gasteiger partial charge in [0.1, 0.15) is 11.5 Å². The van der Waals surface area contributed by atoms with Crippen molar-refractivity contribution in [2.24, 2.45) is 5.10 Å². The lowest BCUT2D eigenvalue weighted by Crippen LogP contribution is -2.33. The molecule has 1 amide bonds. The predicted octanol–water partition coefficient (Wildman–Crippen LogP) is 2.24. The molecule has 0 saturated heterocycles. The van der Waals surface area contributed by atoms with Crippen LogP contribution in [0.3, 0.4) is 0 Å². The SMILES string of the molecule is COc1ccc(O[C@@H](C)C(=O)N/N=C\c2cc(OC)c(O)c([N+](=O)[O-])c2)cc1. The van der Waals surface area contributed by atoms with E-state index in [0.717, 1.165) is 6.07 Å². The molecule has 0 heterocycles. The van der Waals surface area contributed by atoms with Crippen LogP contribution in [-0.4, -0.2) is 42.5 Å². The van der Waals surface area contributed by atoms with Gasteiger partial charge in [-0.3, -0.25) is 14.9 Å². The first-order valence-electron chi connectivity index (χ1n) is 8.04. The molecule has 1 atom stereocenters. The number of aromatic hydroxyl groups is 1. The van der Waals surface area contributed by atoms with Crippen LogP contribution >= 0.6 is 0 Å². The Balaban J connectivity index is 2.02. The number of nitrogens with zero attached hydrogens (tertiary/aromatic N) is 2. The summed E-state index contributed by atoms with van der Waals surface area (Å²) in [7, 11) is 2.81. The number of benzene rings is 2. The molecule has 0 aliphatic carbocycles. The van der Waals surface area contributed by atoms with E-state index < -0.39 is 28.4 Å². The summed E-state index contributed by atoms with van der Waals surface area (Å²) in [5.41, 5.74) is 2.00. The van der Waals surface area contributed by atoms with Gasteiger partial charge in [-0.25, -0.2) is 5.43 Å². The Morgan fingerprint density at radius 1 is 1.21 bits per heavy atom. The molecule has 10 heteroatoms. The van der Waals surface area contributed by atoms with Crippen LogP contribution in [0.25, 0.3) is 0 Å². The van der Waals surface area contributed by atoms with Crippen LogP contribution in [0.15, 0.2) is 41.5 Å². The second-order valence-electron chi connectivity index (χ2n) is 5.52. The molecule has 148 valence electrons. The highest BCUT2D eigenvalue weighted by atomic mass is 16.6. The van der Waals surface area contributed by atoms with E-state index in [1.807, 2.05) is 0 Å². The van der Waals surface area contributed by atoms with Gasteiger partial charge in [0.15, 0.2) is 11.9 Å². The number of nitro groups is 1. The Hall–Kier alpha value is -3.82. The van der Waals surface area contributed by atoms with E-state index in [-0.39, 0.29) is 11.3 Å². The third kappa shape index (κ3) is 5.10. The molecule has 0 aromatic heterocycles. The second-order valence-corrected chi connectivity index (χ2v) is 5.52. The zero-order valence-corrected chi connectivity index (χ0v) is 15.4. The highest BCUT2D eigenvalue weighted by molar-refractivity contribution is 5.86. The lowest BCUT2D eigenvalue weighted by atomic mass is 10.2. The normalized spacial score (nSPS) is 11.7. The molecule has 0 saturated carbocycles. The van der Waals surface area contributed by atoms with E-state index in [0.29, 0.717) is 11.5 Å². The summed E-state index contributed by atoms with van der Waals surface area (Å²) in [5, 5.41) is 24.5. The largest absolute Gasteiger partial charge is 0.500 e. The van der Waals surface area contributed by atoms with Crippen LogP contribution in [0.1, 0.15) is 12.5 Å². The van der Waals surface area contributed by atoms with Gasteiger partial charge in [0.05, 0.1) is 25.4 Å². The number of carbonyl (C=O) groups excluding carboxylic acids is 1. The molecule has 0 radical (unpaired) electrons. The van der Waals surface area contributed by atoms with Crippen molar-refractivity contribution in [3.05, 3.63) is 52.1 Å². The summed E-state index contributed by atoms with van der Waals surface area (Å²) in [6.07, 6.45) is 0.349. The van der Waals surface area contributed by atoms with Gasteiger partial charge in [-0.15, -0.1) is 0 Å². The summed E-state index contributed by atoms with van der Waals surface area (Å²) >= 11 is 0. The van der Waals surface area contributed by atoms with Crippen molar-refractivity contribution in [3.8, 4) is 23.0 Å². The fourth-order valence-electron chi connectivity index (χ4n) is 2.16. The van der Waals surface area contributed by atoms with Gasteiger partial charge >= 0.3 is 5.69 Å². The van der Waals surface area contributed by atoms with Crippen LogP contribution in [0.4, 0.5) is 5.69 Å². The van der Waals surface area contributed by atoms with E-state index in [4.69, 9.17) is 14.2 Å². The summed E-state index contributed by atoms with van der Waals surface area (Å²) in [4.78, 5) is 22.3. The quantitative estimate of drug-likeness (QED) is 0.402. The van der Waals surface area contributed by atoms with Gasteiger partial charge in [0.2, 0.25) is 5.75 Å². The Morgan fingerprint density at radius 2 is 1.86 bits per heavy atom. The third-order valence-electron chi connectivity index (χ3n) is 3.62. The molecule has 10 nitrogen and oxygen atoms in total. The second kappa shape index (κ2) is 9.21. The van der Waals surface area contributed by atoms with Gasteiger partial charge in [0.25, 0.3) is 5.91 Å². The molecular weight excluding hydrogens is 370 g/mol. The van der Waals surface area contributed by atoms with Gasteiger partial charge < -0.3 is 19.3 Å². The first kappa shape index (κ1) is 20.5. The zero-order chi connectivity index (χ0) is 20.7. The number of amides is 1. The minimum absolute atomic E-state index is 0.0850. The first-order chi connectivity index (χ1) is 13.3. The Morgan fingerprint density at radius 3 is 2.43 bits per heavy atom. The van der Waals surface area contributed by atoms with Crippen molar-refractivity contribution in [1.29, 1.82) is 0 Å². The number of carbonyl (C=O) groups is 1. The average molecular weight is 389 g/mol. The number of phenols is 1. The maximum absolute atomic E-state index is 12.1. The van der Waals surface area contributed by atoms with E-state index >= 15 is 0 Å². The number of hydrogen-bond donors (Lipinski definition) is 2. The molecule has 0 fully saturated rings. The molecule has 0 bridgehead atoms. The fourth-order valence-corrected chi connectivity index (χ4v) is 2.16. The monoisotopic (exact) mass is 389 g/mol. The Kier molecular flexibility index (Phi) is 6.74. The summed E-state index contributed by atoms with van der Waals surface area (Å²) in [5.74, 6) is -0.0560. The smallest absolute Gasteiger partial charge is 0.315 e. The number of phenolic OH excluding ortho intramolecular Hbond substituents is 1. The molecule has 2 aromatic carbocycles. The number of nitrogens with one attached hydrogen (secondary N) is 1. The lowest BCUT2D eigenvalue weighted by Gasteiger charge is -2.13. The summed E-state index contributed by atoms with van der Waals surface area (Å²) in [6.45, 7) is 1.55. The molecular formula is C18H19N3O7. The van der Waals surface area contributed by atoms with Crippen LogP contribution in [-0.2, 0) is 4.79 Å². The van der Waals surface area contributed by atoms with Crippen LogP contribution < -0.4 is 19.6 Å². The van der Waals surface area contributed by atoms with Crippen molar-refractivity contribution < 1.29 is 29.0 Å². The van der Waals surface area contributed by atoms with Crippen molar-refractivity contribution in [2.45, 2.75) is 13.0 Å². The van der Waals surface area contributed by atoms with Crippen molar-refractivity contribution in [3.63, 3.8) is 0 Å². The van der Waals surface area contributed by atoms with Crippen LogP contribution in [0, 0.1) is 10.1 Å². The average Bonchev–Trinajstić information content (AvgIpc) is 2.69. The van der Waals surface area contributed by atoms with Crippen molar-refractivity contribution in [1.82, 2.24) is 5.43 Å². The molecule has 0 spiro atoms. The van der Waals surface area contributed by atoms with Gasteiger partial charge in [0, 0.05) is 11.6 Å². The maximum Gasteiger partial charge on any atom is 0.315 e. The molecule has 0 aliphatic heterocycles. The molecule has 0 aliphatic rings. The highest BCUT2D eigenvalue weighted by Crippen LogP contribution is 2.36. The van der Waals surface area contributed by atoms with Crippen molar-refractivity contribution >= 4 is 17.8 Å². The molecule has 2 aromatic rings. The topological polar surface area (TPSA) is 133 Å². The van der Waals surface area contributed by atoms with E-state index in [1.54, 1.807) is 38.3 Å². The summed E-state index contributed by atoms with van der Waals surface area (Å²) in [6, 6.07) is 9.16. The minimum Gasteiger partial charge on any atom is -0.500 e. The minimum atomic E-state index is -0.839. The van der Waals surface area contributed by atoms with E-state index in [1.165, 1.54) is 19.4 Å². The lowest BCUT2D eigenvalue weighted by molar-refractivity contribution is -0.386. The fraction of sp³-hybridized carbons (Fsp3) is 0.222. The maximum atomic E-state index is 12.1. The molecule has 0 unspecified atom stereocenters. The zero-order valence-electron chi connectivity index (χ0n) is 15.4. The molecule has 2 rings (SSSR count). The van der Waals surface area contributed by atoms with Gasteiger partial charge in [-0.05, 0) is 37.3 Å². The van der Waals surface area contributed by atoms with E-state index in [9.17, 15) is 20.0 Å². The van der Waals surface area contributed by atoms with Crippen LogP contribution in [0.5, 0.6) is 23.0 Å². The number of methoxy groups -OCH3 is 2. The number of nitro benzene ring substituents is 1. The third-order valence-corrected chi connectivity index (χ3v) is 3.62. The highest BCUT2D eigenvalue weighted by Gasteiger charge is 2.19. The number of hydrogen-bond acceptors (Lipinski definition) is 8. The first-order valence-corrected chi connectivity index (χ1v) is 8.04. The number of hydrazone groups is 1. The molecule has 28 heavy (non-hydrogen) atoms.